The van der Waals surface area contributed by atoms with Crippen LogP contribution in [0.25, 0.3) is 0 Å². The summed E-state index contributed by atoms with van der Waals surface area (Å²) in [4.78, 5) is 8.73. The van der Waals surface area contributed by atoms with Crippen molar-refractivity contribution in [2.24, 2.45) is 4.99 Å². The summed E-state index contributed by atoms with van der Waals surface area (Å²) >= 11 is 0. The highest BCUT2D eigenvalue weighted by atomic mass is 19.3. The molecule has 0 saturated carbocycles. The lowest BCUT2D eigenvalue weighted by atomic mass is 9.94. The van der Waals surface area contributed by atoms with Crippen LogP contribution in [0.15, 0.2) is 39.9 Å². The maximum absolute atomic E-state index is 12.3. The number of oxazole rings is 1. The number of guanidine groups is 1. The summed E-state index contributed by atoms with van der Waals surface area (Å²) in [5.74, 6) is 2.08. The van der Waals surface area contributed by atoms with Crippen LogP contribution < -0.4 is 15.4 Å². The van der Waals surface area contributed by atoms with E-state index in [4.69, 9.17) is 4.42 Å². The number of alkyl halides is 2. The number of hydrogen-bond acceptors (Lipinski definition) is 4. The second-order valence-corrected chi connectivity index (χ2v) is 6.94. The summed E-state index contributed by atoms with van der Waals surface area (Å²) in [5.41, 5.74) is 0.659. The summed E-state index contributed by atoms with van der Waals surface area (Å²) in [7, 11) is 0. The molecule has 0 spiro atoms. The number of nitrogens with one attached hydrogen (secondary N) is 2. The summed E-state index contributed by atoms with van der Waals surface area (Å²) in [5, 5.41) is 6.28. The predicted molar refractivity (Wildman–Crippen MR) is 99.9 cm³/mol. The van der Waals surface area contributed by atoms with E-state index in [1.807, 2.05) is 6.92 Å². The first-order valence-corrected chi connectivity index (χ1v) is 8.79. The molecular formula is C19H26F2N4O2. The maximum Gasteiger partial charge on any atom is 0.387 e. The predicted octanol–water partition coefficient (Wildman–Crippen LogP) is 3.83. The van der Waals surface area contributed by atoms with E-state index in [1.165, 1.54) is 6.07 Å². The highest BCUT2D eigenvalue weighted by molar-refractivity contribution is 5.79. The van der Waals surface area contributed by atoms with Crippen molar-refractivity contribution in [1.29, 1.82) is 0 Å². The third-order valence-electron chi connectivity index (χ3n) is 3.59. The second-order valence-electron chi connectivity index (χ2n) is 6.94. The number of aliphatic imine (C=N–C) groups is 1. The molecule has 148 valence electrons. The van der Waals surface area contributed by atoms with Crippen LogP contribution in [0.1, 0.15) is 44.9 Å². The standard InChI is InChI=1S/C19H26F2N4O2/c1-5-22-18(25-12-16-23-11-15(27-16)19(2,3)4)24-10-13-7-6-8-14(9-13)26-17(20)21/h6-9,11,17H,5,10,12H2,1-4H3,(H2,22,24,25). The van der Waals surface area contributed by atoms with Crippen molar-refractivity contribution < 1.29 is 17.9 Å². The van der Waals surface area contributed by atoms with Gasteiger partial charge in [0.2, 0.25) is 5.89 Å². The number of hydrogen-bond donors (Lipinski definition) is 2. The van der Waals surface area contributed by atoms with E-state index >= 15 is 0 Å². The Morgan fingerprint density at radius 3 is 2.70 bits per heavy atom. The minimum atomic E-state index is -2.85. The van der Waals surface area contributed by atoms with Gasteiger partial charge in [0.1, 0.15) is 11.5 Å². The lowest BCUT2D eigenvalue weighted by molar-refractivity contribution is -0.0498. The molecule has 2 aromatic rings. The Kier molecular flexibility index (Phi) is 7.15. The van der Waals surface area contributed by atoms with Gasteiger partial charge in [0.25, 0.3) is 0 Å². The Morgan fingerprint density at radius 1 is 1.30 bits per heavy atom. The van der Waals surface area contributed by atoms with Crippen molar-refractivity contribution >= 4 is 5.96 Å². The van der Waals surface area contributed by atoms with Gasteiger partial charge in [-0.2, -0.15) is 8.78 Å². The molecule has 8 heteroatoms. The van der Waals surface area contributed by atoms with Gasteiger partial charge in [-0.1, -0.05) is 32.9 Å². The number of ether oxygens (including phenoxy) is 1. The lowest BCUT2D eigenvalue weighted by Gasteiger charge is -2.13. The first-order chi connectivity index (χ1) is 12.8. The zero-order chi connectivity index (χ0) is 19.9. The highest BCUT2D eigenvalue weighted by Crippen LogP contribution is 2.22. The molecule has 0 saturated heterocycles. The molecule has 0 radical (unpaired) electrons. The SMILES string of the molecule is CCNC(=NCc1cccc(OC(F)F)c1)NCc1ncc(C(C)(C)C)o1. The van der Waals surface area contributed by atoms with Gasteiger partial charge in [-0.25, -0.2) is 9.98 Å². The molecular weight excluding hydrogens is 354 g/mol. The Bertz CT molecular complexity index is 754. The Balaban J connectivity index is 1.99. The normalized spacial score (nSPS) is 12.3. The topological polar surface area (TPSA) is 71.7 Å². The smallest absolute Gasteiger partial charge is 0.387 e. The largest absolute Gasteiger partial charge is 0.443 e. The molecule has 0 fully saturated rings. The quantitative estimate of drug-likeness (QED) is 0.564. The van der Waals surface area contributed by atoms with E-state index in [1.54, 1.807) is 24.4 Å². The first-order valence-electron chi connectivity index (χ1n) is 8.79. The number of aromatic nitrogens is 1. The molecule has 0 amide bonds. The number of benzene rings is 1. The molecule has 0 aliphatic carbocycles. The van der Waals surface area contributed by atoms with E-state index in [0.29, 0.717) is 31.5 Å². The average Bonchev–Trinajstić information content (AvgIpc) is 3.06. The third kappa shape index (κ3) is 6.88. The number of nitrogens with zero attached hydrogens (tertiary/aromatic N) is 2. The Hall–Kier alpha value is -2.64. The van der Waals surface area contributed by atoms with Crippen molar-refractivity contribution in [3.8, 4) is 5.75 Å². The molecule has 6 nitrogen and oxygen atoms in total. The van der Waals surface area contributed by atoms with Gasteiger partial charge in [-0.15, -0.1) is 0 Å². The van der Waals surface area contributed by atoms with Crippen LogP contribution in [0.5, 0.6) is 5.75 Å². The molecule has 27 heavy (non-hydrogen) atoms. The molecule has 2 N–H and O–H groups in total. The zero-order valence-electron chi connectivity index (χ0n) is 16.1. The van der Waals surface area contributed by atoms with Crippen LogP contribution in [0, 0.1) is 0 Å². The molecule has 1 aromatic carbocycles. The molecule has 0 aliphatic heterocycles. The van der Waals surface area contributed by atoms with E-state index in [2.05, 4.69) is 46.1 Å². The van der Waals surface area contributed by atoms with Crippen molar-refractivity contribution in [3.05, 3.63) is 47.7 Å². The summed E-state index contributed by atoms with van der Waals surface area (Å²) < 4.78 is 34.8. The monoisotopic (exact) mass is 380 g/mol. The maximum atomic E-state index is 12.3. The van der Waals surface area contributed by atoms with Gasteiger partial charge in [-0.05, 0) is 24.6 Å². The van der Waals surface area contributed by atoms with Crippen LogP contribution in [-0.4, -0.2) is 24.1 Å². The molecule has 0 unspecified atom stereocenters. The van der Waals surface area contributed by atoms with Crippen LogP contribution in [-0.2, 0) is 18.5 Å². The fraction of sp³-hybridized carbons (Fsp3) is 0.474. The van der Waals surface area contributed by atoms with Crippen molar-refractivity contribution in [3.63, 3.8) is 0 Å². The van der Waals surface area contributed by atoms with E-state index in [-0.39, 0.29) is 11.2 Å². The second kappa shape index (κ2) is 9.34. The van der Waals surface area contributed by atoms with Crippen molar-refractivity contribution in [1.82, 2.24) is 15.6 Å². The van der Waals surface area contributed by atoms with Gasteiger partial charge in [0.15, 0.2) is 5.96 Å². The number of halogens is 2. The van der Waals surface area contributed by atoms with E-state index < -0.39 is 6.61 Å². The molecule has 0 atom stereocenters. The lowest BCUT2D eigenvalue weighted by Crippen LogP contribution is -2.36. The molecule has 1 aromatic heterocycles. The van der Waals surface area contributed by atoms with E-state index in [0.717, 1.165) is 11.3 Å². The Labute approximate surface area is 158 Å². The van der Waals surface area contributed by atoms with Crippen LogP contribution in [0.4, 0.5) is 8.78 Å². The van der Waals surface area contributed by atoms with E-state index in [9.17, 15) is 8.78 Å². The van der Waals surface area contributed by atoms with Gasteiger partial charge in [0.05, 0.1) is 19.3 Å². The van der Waals surface area contributed by atoms with Crippen molar-refractivity contribution in [2.75, 3.05) is 6.54 Å². The molecule has 2 rings (SSSR count). The van der Waals surface area contributed by atoms with Crippen LogP contribution in [0.2, 0.25) is 0 Å². The minimum absolute atomic E-state index is 0.102. The van der Waals surface area contributed by atoms with Gasteiger partial charge >= 0.3 is 6.61 Å². The average molecular weight is 380 g/mol. The molecule has 1 heterocycles. The van der Waals surface area contributed by atoms with Crippen LogP contribution in [0.3, 0.4) is 0 Å². The van der Waals surface area contributed by atoms with Crippen LogP contribution >= 0.6 is 0 Å². The van der Waals surface area contributed by atoms with Gasteiger partial charge < -0.3 is 19.8 Å². The zero-order valence-corrected chi connectivity index (χ0v) is 16.1. The summed E-state index contributed by atoms with van der Waals surface area (Å²) in [6, 6.07) is 6.49. The minimum Gasteiger partial charge on any atom is -0.443 e. The molecule has 0 aliphatic rings. The fourth-order valence-electron chi connectivity index (χ4n) is 2.23. The van der Waals surface area contributed by atoms with Gasteiger partial charge in [0, 0.05) is 12.0 Å². The summed E-state index contributed by atoms with van der Waals surface area (Å²) in [6.45, 7) is 6.66. The summed E-state index contributed by atoms with van der Waals surface area (Å²) in [6.07, 6.45) is 1.73. The fourth-order valence-corrected chi connectivity index (χ4v) is 2.23. The Morgan fingerprint density at radius 2 is 2.07 bits per heavy atom. The first kappa shape index (κ1) is 20.7. The third-order valence-corrected chi connectivity index (χ3v) is 3.59. The highest BCUT2D eigenvalue weighted by Gasteiger charge is 2.19. The molecule has 0 bridgehead atoms. The number of rotatable bonds is 7. The van der Waals surface area contributed by atoms with Gasteiger partial charge in [-0.3, -0.25) is 0 Å². The van der Waals surface area contributed by atoms with Crippen molar-refractivity contribution in [2.45, 2.75) is 52.8 Å².